The molecule has 1 N–H and O–H groups in total. The highest BCUT2D eigenvalue weighted by molar-refractivity contribution is 6.31. The number of hydrogen-bond donors (Lipinski definition) is 1. The highest BCUT2D eigenvalue weighted by Gasteiger charge is 2.33. The smallest absolute Gasteiger partial charge is 0.324 e. The Labute approximate surface area is 112 Å². The van der Waals surface area contributed by atoms with E-state index >= 15 is 0 Å². The van der Waals surface area contributed by atoms with Crippen molar-refractivity contribution in [1.82, 2.24) is 9.97 Å². The van der Waals surface area contributed by atoms with Crippen LogP contribution in [0.15, 0.2) is 30.5 Å². The molecule has 100 valence electrons. The molecule has 0 unspecified atom stereocenters. The maximum absolute atomic E-state index is 12.7. The average Bonchev–Trinajstić information content (AvgIpc) is 2.30. The molecule has 2 aromatic rings. The van der Waals surface area contributed by atoms with Crippen molar-refractivity contribution in [1.29, 1.82) is 0 Å². The molecule has 0 radical (unpaired) electrons. The Kier molecular flexibility index (Phi) is 3.61. The Morgan fingerprint density at radius 3 is 2.58 bits per heavy atom. The quantitative estimate of drug-likeness (QED) is 0.899. The molecule has 0 saturated carbocycles. The number of halogens is 4. The first kappa shape index (κ1) is 13.6. The molecule has 0 fully saturated rings. The molecule has 1 aromatic heterocycles. The predicted octanol–water partition coefficient (Wildman–Crippen LogP) is 4.20. The maximum Gasteiger partial charge on any atom is 0.417 e. The van der Waals surface area contributed by atoms with Gasteiger partial charge in [0.1, 0.15) is 0 Å². The van der Waals surface area contributed by atoms with E-state index in [1.165, 1.54) is 18.3 Å². The summed E-state index contributed by atoms with van der Waals surface area (Å²) < 4.78 is 38.1. The number of rotatable bonds is 2. The van der Waals surface area contributed by atoms with Gasteiger partial charge in [-0.05, 0) is 31.2 Å². The number of anilines is 2. The van der Waals surface area contributed by atoms with Crippen LogP contribution in [0.1, 0.15) is 11.3 Å². The van der Waals surface area contributed by atoms with Crippen LogP contribution in [0.25, 0.3) is 0 Å². The summed E-state index contributed by atoms with van der Waals surface area (Å²) in [5.41, 5.74) is 0.0386. The summed E-state index contributed by atoms with van der Waals surface area (Å²) in [6, 6.07) is 5.23. The molecule has 0 saturated heterocycles. The number of aryl methyl sites for hydroxylation is 1. The summed E-state index contributed by atoms with van der Waals surface area (Å²) in [6.45, 7) is 1.76. The van der Waals surface area contributed by atoms with E-state index in [-0.39, 0.29) is 16.7 Å². The van der Waals surface area contributed by atoms with Gasteiger partial charge in [-0.2, -0.15) is 13.2 Å². The Balaban J connectivity index is 2.32. The zero-order valence-corrected chi connectivity index (χ0v) is 10.5. The summed E-state index contributed by atoms with van der Waals surface area (Å²) in [5.74, 6) is 0.232. The Morgan fingerprint density at radius 2 is 1.95 bits per heavy atom. The van der Waals surface area contributed by atoms with E-state index in [0.29, 0.717) is 5.69 Å². The summed E-state index contributed by atoms with van der Waals surface area (Å²) in [4.78, 5) is 7.96. The maximum atomic E-state index is 12.7. The lowest BCUT2D eigenvalue weighted by atomic mass is 10.2. The van der Waals surface area contributed by atoms with Crippen molar-refractivity contribution in [2.75, 3.05) is 5.32 Å². The molecule has 1 heterocycles. The number of benzene rings is 1. The van der Waals surface area contributed by atoms with Gasteiger partial charge in [0.15, 0.2) is 0 Å². The molecule has 3 nitrogen and oxygen atoms in total. The second-order valence-corrected chi connectivity index (χ2v) is 4.25. The van der Waals surface area contributed by atoms with Gasteiger partial charge in [0, 0.05) is 17.6 Å². The predicted molar refractivity (Wildman–Crippen MR) is 66.5 cm³/mol. The van der Waals surface area contributed by atoms with Crippen molar-refractivity contribution in [3.8, 4) is 0 Å². The Hall–Kier alpha value is -1.82. The van der Waals surface area contributed by atoms with Crippen molar-refractivity contribution < 1.29 is 13.2 Å². The number of aromatic nitrogens is 2. The van der Waals surface area contributed by atoms with Crippen molar-refractivity contribution in [3.63, 3.8) is 0 Å². The first-order valence-electron chi connectivity index (χ1n) is 5.29. The van der Waals surface area contributed by atoms with Crippen molar-refractivity contribution in [2.45, 2.75) is 13.1 Å². The average molecular weight is 288 g/mol. The summed E-state index contributed by atoms with van der Waals surface area (Å²) in [5, 5.41) is 2.36. The topological polar surface area (TPSA) is 37.8 Å². The minimum absolute atomic E-state index is 0.224. The summed E-state index contributed by atoms with van der Waals surface area (Å²) >= 11 is 5.53. The van der Waals surface area contributed by atoms with E-state index in [0.717, 1.165) is 6.07 Å². The molecule has 2 rings (SSSR count). The van der Waals surface area contributed by atoms with Crippen LogP contribution in [0.2, 0.25) is 5.02 Å². The first-order valence-corrected chi connectivity index (χ1v) is 5.67. The van der Waals surface area contributed by atoms with Crippen LogP contribution in [-0.2, 0) is 6.18 Å². The molecule has 0 spiro atoms. The summed E-state index contributed by atoms with van der Waals surface area (Å²) in [7, 11) is 0. The van der Waals surface area contributed by atoms with Gasteiger partial charge >= 0.3 is 6.18 Å². The van der Waals surface area contributed by atoms with Crippen molar-refractivity contribution in [3.05, 3.63) is 46.7 Å². The normalized spacial score (nSPS) is 11.4. The molecular formula is C12H9ClF3N3. The van der Waals surface area contributed by atoms with Gasteiger partial charge in [0.25, 0.3) is 0 Å². The number of nitrogens with zero attached hydrogens (tertiary/aromatic N) is 2. The lowest BCUT2D eigenvalue weighted by Crippen LogP contribution is -2.07. The fraction of sp³-hybridized carbons (Fsp3) is 0.167. The van der Waals surface area contributed by atoms with Crippen LogP contribution in [0.5, 0.6) is 0 Å². The van der Waals surface area contributed by atoms with E-state index in [9.17, 15) is 13.2 Å². The SMILES string of the molecule is Cc1ccnc(Nc2ccc(Cl)c(C(F)(F)F)c2)n1. The molecule has 0 amide bonds. The van der Waals surface area contributed by atoms with Gasteiger partial charge in [-0.15, -0.1) is 0 Å². The highest BCUT2D eigenvalue weighted by atomic mass is 35.5. The fourth-order valence-electron chi connectivity index (χ4n) is 1.46. The minimum Gasteiger partial charge on any atom is -0.324 e. The molecule has 19 heavy (non-hydrogen) atoms. The second-order valence-electron chi connectivity index (χ2n) is 3.84. The largest absolute Gasteiger partial charge is 0.417 e. The molecular weight excluding hydrogens is 279 g/mol. The molecule has 1 aromatic carbocycles. The zero-order valence-electron chi connectivity index (χ0n) is 9.79. The Morgan fingerprint density at radius 1 is 1.21 bits per heavy atom. The monoisotopic (exact) mass is 287 g/mol. The van der Waals surface area contributed by atoms with Gasteiger partial charge in [-0.25, -0.2) is 9.97 Å². The van der Waals surface area contributed by atoms with Gasteiger partial charge in [0.2, 0.25) is 5.95 Å². The number of nitrogens with one attached hydrogen (secondary N) is 1. The van der Waals surface area contributed by atoms with Gasteiger partial charge in [-0.1, -0.05) is 11.6 Å². The van der Waals surface area contributed by atoms with Crippen LogP contribution in [0, 0.1) is 6.92 Å². The van der Waals surface area contributed by atoms with Crippen molar-refractivity contribution >= 4 is 23.2 Å². The molecule has 7 heteroatoms. The van der Waals surface area contributed by atoms with E-state index in [4.69, 9.17) is 11.6 Å². The lowest BCUT2D eigenvalue weighted by molar-refractivity contribution is -0.137. The second kappa shape index (κ2) is 5.05. The van der Waals surface area contributed by atoms with Crippen LogP contribution in [-0.4, -0.2) is 9.97 Å². The molecule has 0 aliphatic rings. The molecule has 0 atom stereocenters. The molecule has 0 aliphatic heterocycles. The van der Waals surface area contributed by atoms with E-state index in [2.05, 4.69) is 15.3 Å². The number of hydrogen-bond acceptors (Lipinski definition) is 3. The van der Waals surface area contributed by atoms with E-state index in [1.54, 1.807) is 13.0 Å². The highest BCUT2D eigenvalue weighted by Crippen LogP contribution is 2.36. The third-order valence-corrected chi connectivity index (χ3v) is 2.65. The first-order chi connectivity index (χ1) is 8.86. The van der Waals surface area contributed by atoms with Crippen LogP contribution < -0.4 is 5.32 Å². The third kappa shape index (κ3) is 3.35. The molecule has 0 aliphatic carbocycles. The Bertz CT molecular complexity index is 599. The van der Waals surface area contributed by atoms with Gasteiger partial charge in [-0.3, -0.25) is 0 Å². The molecule has 0 bridgehead atoms. The summed E-state index contributed by atoms with van der Waals surface area (Å²) in [6.07, 6.45) is -2.98. The standard InChI is InChI=1S/C12H9ClF3N3/c1-7-4-5-17-11(18-7)19-8-2-3-10(13)9(6-8)12(14,15)16/h2-6H,1H3,(H,17,18,19). The third-order valence-electron chi connectivity index (χ3n) is 2.32. The lowest BCUT2D eigenvalue weighted by Gasteiger charge is -2.11. The van der Waals surface area contributed by atoms with E-state index < -0.39 is 11.7 Å². The van der Waals surface area contributed by atoms with Crippen molar-refractivity contribution in [2.24, 2.45) is 0 Å². The van der Waals surface area contributed by atoms with Gasteiger partial charge in [0.05, 0.1) is 10.6 Å². The van der Waals surface area contributed by atoms with Crippen LogP contribution >= 0.6 is 11.6 Å². The van der Waals surface area contributed by atoms with E-state index in [1.807, 2.05) is 0 Å². The fourth-order valence-corrected chi connectivity index (χ4v) is 1.68. The minimum atomic E-state index is -4.50. The number of alkyl halides is 3. The van der Waals surface area contributed by atoms with Crippen LogP contribution in [0.3, 0.4) is 0 Å². The zero-order chi connectivity index (χ0) is 14.0. The van der Waals surface area contributed by atoms with Crippen LogP contribution in [0.4, 0.5) is 24.8 Å². The van der Waals surface area contributed by atoms with Gasteiger partial charge < -0.3 is 5.32 Å².